The fraction of sp³-hybridized carbons (Fsp3) is 0.217. The number of thiazole rings is 1. The van der Waals surface area contributed by atoms with E-state index in [1.807, 2.05) is 30.3 Å². The lowest BCUT2D eigenvalue weighted by Gasteiger charge is -2.15. The van der Waals surface area contributed by atoms with Gasteiger partial charge in [0.05, 0.1) is 12.3 Å². The molecule has 3 aromatic rings. The maximum Gasteiger partial charge on any atom is 0.350 e. The fourth-order valence-corrected chi connectivity index (χ4v) is 4.26. The largest absolute Gasteiger partial charge is 0.462 e. The molecule has 0 unspecified atom stereocenters. The Hall–Kier alpha value is -3.52. The number of hydrogen-bond donors (Lipinski definition) is 1. The molecule has 2 heterocycles. The molecule has 1 fully saturated rings. The molecule has 8 heteroatoms. The lowest BCUT2D eigenvalue weighted by molar-refractivity contribution is -0.117. The SMILES string of the molecule is CCOC(=O)c1sc(NC(=O)c2ccc(N3CCCC3=O)cc2)nc1-c1ccccc1. The molecular formula is C23H21N3O4S. The van der Waals surface area contributed by atoms with Crippen molar-refractivity contribution < 1.29 is 19.1 Å². The number of carbonyl (C=O) groups excluding carboxylic acids is 3. The van der Waals surface area contributed by atoms with Crippen LogP contribution in [-0.2, 0) is 9.53 Å². The first-order valence-electron chi connectivity index (χ1n) is 10.0. The van der Waals surface area contributed by atoms with Crippen LogP contribution in [0.25, 0.3) is 11.3 Å². The van der Waals surface area contributed by atoms with Crippen LogP contribution in [0, 0.1) is 0 Å². The van der Waals surface area contributed by atoms with Crippen LogP contribution in [0.5, 0.6) is 0 Å². The number of hydrogen-bond acceptors (Lipinski definition) is 6. The molecule has 1 N–H and O–H groups in total. The van der Waals surface area contributed by atoms with Crippen LogP contribution in [0.1, 0.15) is 39.8 Å². The van der Waals surface area contributed by atoms with Gasteiger partial charge in [0.15, 0.2) is 5.13 Å². The molecule has 1 aliphatic heterocycles. The van der Waals surface area contributed by atoms with Crippen LogP contribution in [0.2, 0.25) is 0 Å². The van der Waals surface area contributed by atoms with Crippen LogP contribution in [0.15, 0.2) is 54.6 Å². The van der Waals surface area contributed by atoms with E-state index >= 15 is 0 Å². The average molecular weight is 436 g/mol. The number of anilines is 2. The van der Waals surface area contributed by atoms with E-state index in [9.17, 15) is 14.4 Å². The number of carbonyl (C=O) groups is 3. The van der Waals surface area contributed by atoms with Gasteiger partial charge in [-0.2, -0.15) is 0 Å². The van der Waals surface area contributed by atoms with Crippen molar-refractivity contribution in [2.45, 2.75) is 19.8 Å². The highest BCUT2D eigenvalue weighted by atomic mass is 32.1. The van der Waals surface area contributed by atoms with Gasteiger partial charge in [0, 0.05) is 29.8 Å². The monoisotopic (exact) mass is 435 g/mol. The van der Waals surface area contributed by atoms with E-state index in [2.05, 4.69) is 10.3 Å². The Morgan fingerprint density at radius 3 is 2.52 bits per heavy atom. The minimum Gasteiger partial charge on any atom is -0.462 e. The number of amides is 2. The van der Waals surface area contributed by atoms with Gasteiger partial charge in [-0.3, -0.25) is 14.9 Å². The Morgan fingerprint density at radius 2 is 1.87 bits per heavy atom. The topological polar surface area (TPSA) is 88.6 Å². The highest BCUT2D eigenvalue weighted by molar-refractivity contribution is 7.18. The number of aromatic nitrogens is 1. The van der Waals surface area contributed by atoms with Crippen LogP contribution in [0.3, 0.4) is 0 Å². The molecule has 0 radical (unpaired) electrons. The molecule has 7 nitrogen and oxygen atoms in total. The van der Waals surface area contributed by atoms with Crippen molar-refractivity contribution in [1.82, 2.24) is 4.98 Å². The second kappa shape index (κ2) is 9.09. The smallest absolute Gasteiger partial charge is 0.350 e. The molecule has 1 saturated heterocycles. The van der Waals surface area contributed by atoms with Gasteiger partial charge in [-0.1, -0.05) is 41.7 Å². The van der Waals surface area contributed by atoms with Crippen molar-refractivity contribution in [3.05, 3.63) is 65.0 Å². The van der Waals surface area contributed by atoms with E-state index in [1.54, 1.807) is 36.1 Å². The Labute approximate surface area is 183 Å². The molecule has 0 saturated carbocycles. The van der Waals surface area contributed by atoms with Crippen molar-refractivity contribution >= 4 is 39.9 Å². The number of nitrogens with zero attached hydrogens (tertiary/aromatic N) is 2. The van der Waals surface area contributed by atoms with E-state index in [-0.39, 0.29) is 18.4 Å². The molecule has 31 heavy (non-hydrogen) atoms. The quantitative estimate of drug-likeness (QED) is 0.581. The first kappa shape index (κ1) is 20.7. The second-order valence-electron chi connectivity index (χ2n) is 6.93. The van der Waals surface area contributed by atoms with Crippen LogP contribution in [0.4, 0.5) is 10.8 Å². The van der Waals surface area contributed by atoms with Crippen molar-refractivity contribution in [3.8, 4) is 11.3 Å². The van der Waals surface area contributed by atoms with Crippen molar-refractivity contribution in [1.29, 1.82) is 0 Å². The van der Waals surface area contributed by atoms with E-state index in [4.69, 9.17) is 4.74 Å². The summed E-state index contributed by atoms with van der Waals surface area (Å²) in [6.07, 6.45) is 1.40. The molecule has 1 aromatic heterocycles. The van der Waals surface area contributed by atoms with Gasteiger partial charge in [0.25, 0.3) is 5.91 Å². The Balaban J connectivity index is 1.55. The number of rotatable bonds is 6. The number of nitrogens with one attached hydrogen (secondary N) is 1. The lowest BCUT2D eigenvalue weighted by Crippen LogP contribution is -2.23. The van der Waals surface area contributed by atoms with Crippen LogP contribution < -0.4 is 10.2 Å². The van der Waals surface area contributed by atoms with Gasteiger partial charge < -0.3 is 9.64 Å². The molecule has 0 spiro atoms. The fourth-order valence-electron chi connectivity index (χ4n) is 3.38. The van der Waals surface area contributed by atoms with Gasteiger partial charge in [-0.25, -0.2) is 9.78 Å². The normalized spacial score (nSPS) is 13.3. The lowest BCUT2D eigenvalue weighted by atomic mass is 10.1. The van der Waals surface area contributed by atoms with E-state index in [0.29, 0.717) is 34.2 Å². The van der Waals surface area contributed by atoms with Gasteiger partial charge in [-0.05, 0) is 37.6 Å². The number of ether oxygens (including phenoxy) is 1. The number of benzene rings is 2. The van der Waals surface area contributed by atoms with E-state index in [1.165, 1.54) is 0 Å². The summed E-state index contributed by atoms with van der Waals surface area (Å²) in [4.78, 5) is 43.5. The summed E-state index contributed by atoms with van der Waals surface area (Å²) >= 11 is 1.08. The summed E-state index contributed by atoms with van der Waals surface area (Å²) in [5.41, 5.74) is 2.46. The summed E-state index contributed by atoms with van der Waals surface area (Å²) < 4.78 is 5.15. The van der Waals surface area contributed by atoms with Crippen molar-refractivity contribution in [2.24, 2.45) is 0 Å². The molecule has 1 aliphatic rings. The number of esters is 1. The maximum absolute atomic E-state index is 12.7. The van der Waals surface area contributed by atoms with E-state index in [0.717, 1.165) is 29.0 Å². The molecule has 0 aliphatic carbocycles. The predicted octanol–water partition coefficient (Wildman–Crippen LogP) is 4.37. The Morgan fingerprint density at radius 1 is 1.13 bits per heavy atom. The summed E-state index contributed by atoms with van der Waals surface area (Å²) in [7, 11) is 0. The van der Waals surface area contributed by atoms with Gasteiger partial charge in [0.2, 0.25) is 5.91 Å². The third-order valence-corrected chi connectivity index (χ3v) is 5.82. The van der Waals surface area contributed by atoms with Gasteiger partial charge in [-0.15, -0.1) is 0 Å². The molecule has 158 valence electrons. The molecule has 2 amide bonds. The van der Waals surface area contributed by atoms with Crippen LogP contribution >= 0.6 is 11.3 Å². The second-order valence-corrected chi connectivity index (χ2v) is 7.93. The van der Waals surface area contributed by atoms with E-state index < -0.39 is 5.97 Å². The predicted molar refractivity (Wildman–Crippen MR) is 119 cm³/mol. The minimum absolute atomic E-state index is 0.0972. The van der Waals surface area contributed by atoms with Crippen LogP contribution in [-0.4, -0.2) is 35.9 Å². The summed E-state index contributed by atoms with van der Waals surface area (Å²) in [5, 5.41) is 3.07. The molecule has 0 atom stereocenters. The average Bonchev–Trinajstić information content (AvgIpc) is 3.41. The third-order valence-electron chi connectivity index (χ3n) is 4.87. The summed E-state index contributed by atoms with van der Waals surface area (Å²) in [6, 6.07) is 16.2. The summed E-state index contributed by atoms with van der Waals surface area (Å²) in [5.74, 6) is -0.720. The first-order chi connectivity index (χ1) is 15.1. The molecular weight excluding hydrogens is 414 g/mol. The zero-order valence-corrected chi connectivity index (χ0v) is 17.8. The van der Waals surface area contributed by atoms with Crippen molar-refractivity contribution in [3.63, 3.8) is 0 Å². The maximum atomic E-state index is 12.7. The zero-order valence-electron chi connectivity index (χ0n) is 17.0. The zero-order chi connectivity index (χ0) is 21.8. The molecule has 0 bridgehead atoms. The highest BCUT2D eigenvalue weighted by Gasteiger charge is 2.23. The Bertz CT molecular complexity index is 1110. The van der Waals surface area contributed by atoms with Gasteiger partial charge in [0.1, 0.15) is 4.88 Å². The minimum atomic E-state index is -0.473. The third kappa shape index (κ3) is 4.49. The standard InChI is InChI=1S/C23H21N3O4S/c1-2-30-22(29)20-19(15-7-4-3-5-8-15)24-23(31-20)25-21(28)16-10-12-17(13-11-16)26-14-6-9-18(26)27/h3-5,7-8,10-13H,2,6,9,14H2,1H3,(H,24,25,28). The summed E-state index contributed by atoms with van der Waals surface area (Å²) in [6.45, 7) is 2.68. The van der Waals surface area contributed by atoms with Crippen molar-refractivity contribution in [2.75, 3.05) is 23.4 Å². The Kier molecular flexibility index (Phi) is 6.08. The highest BCUT2D eigenvalue weighted by Crippen LogP contribution is 2.32. The van der Waals surface area contributed by atoms with Gasteiger partial charge >= 0.3 is 5.97 Å². The molecule has 2 aromatic carbocycles. The molecule has 4 rings (SSSR count). The first-order valence-corrected chi connectivity index (χ1v) is 10.8.